The smallest absolute Gasteiger partial charge is 0.120 e. The molecular formula is C35H46N2O3. The predicted octanol–water partition coefficient (Wildman–Crippen LogP) is 7.34. The van der Waals surface area contributed by atoms with Crippen LogP contribution in [0.1, 0.15) is 73.6 Å². The fourth-order valence-corrected chi connectivity index (χ4v) is 6.38. The molecule has 1 aliphatic heterocycles. The molecule has 1 N–H and O–H groups in total. The molecule has 1 heterocycles. The largest absolute Gasteiger partial charge is 0.508 e. The molecule has 0 saturated carbocycles. The molecule has 0 spiro atoms. The zero-order chi connectivity index (χ0) is 27.7. The number of nitrogens with zero attached hydrogens (tertiary/aromatic N) is 2. The second kappa shape index (κ2) is 13.9. The van der Waals surface area contributed by atoms with Gasteiger partial charge in [0.15, 0.2) is 0 Å². The number of hydrogen-bond donors (Lipinski definition) is 1. The molecular weight excluding hydrogens is 496 g/mol. The summed E-state index contributed by atoms with van der Waals surface area (Å²) in [6, 6.07) is 21.1. The van der Waals surface area contributed by atoms with Crippen molar-refractivity contribution in [3.8, 4) is 17.2 Å². The monoisotopic (exact) mass is 542 g/mol. The SMILES string of the molecule is CCN(Cc1ccc(OCCN2CCCCCCC2)cc1)c1cc(OC)ccc1[C@@H]1CCc2cc(O)ccc2C1. The number of likely N-dealkylation sites (tertiary alicyclic amines) is 1. The van der Waals surface area contributed by atoms with Crippen LogP contribution >= 0.6 is 0 Å². The summed E-state index contributed by atoms with van der Waals surface area (Å²) >= 11 is 0. The molecule has 0 bridgehead atoms. The zero-order valence-electron chi connectivity index (χ0n) is 24.4. The van der Waals surface area contributed by atoms with Crippen molar-refractivity contribution in [2.75, 3.05) is 44.8 Å². The maximum Gasteiger partial charge on any atom is 0.120 e. The lowest BCUT2D eigenvalue weighted by atomic mass is 9.79. The fraction of sp³-hybridized carbons (Fsp3) is 0.486. The number of aromatic hydroxyl groups is 1. The molecule has 40 heavy (non-hydrogen) atoms. The Morgan fingerprint density at radius 3 is 2.38 bits per heavy atom. The number of ether oxygens (including phenoxy) is 2. The van der Waals surface area contributed by atoms with E-state index in [0.717, 1.165) is 57.0 Å². The van der Waals surface area contributed by atoms with Crippen molar-refractivity contribution >= 4 is 5.69 Å². The highest BCUT2D eigenvalue weighted by molar-refractivity contribution is 5.60. The molecule has 1 atom stereocenters. The molecule has 3 aromatic rings. The lowest BCUT2D eigenvalue weighted by molar-refractivity contribution is 0.195. The summed E-state index contributed by atoms with van der Waals surface area (Å²) in [6.45, 7) is 8.14. The summed E-state index contributed by atoms with van der Waals surface area (Å²) in [5, 5.41) is 9.92. The molecule has 214 valence electrons. The molecule has 5 nitrogen and oxygen atoms in total. The van der Waals surface area contributed by atoms with Crippen molar-refractivity contribution < 1.29 is 14.6 Å². The van der Waals surface area contributed by atoms with Gasteiger partial charge in [0, 0.05) is 31.4 Å². The van der Waals surface area contributed by atoms with E-state index in [4.69, 9.17) is 9.47 Å². The molecule has 0 amide bonds. The van der Waals surface area contributed by atoms with Crippen LogP contribution in [0.5, 0.6) is 17.2 Å². The summed E-state index contributed by atoms with van der Waals surface area (Å²) in [5.41, 5.74) is 6.54. The third kappa shape index (κ3) is 7.31. The van der Waals surface area contributed by atoms with Crippen LogP contribution in [0.25, 0.3) is 0 Å². The van der Waals surface area contributed by atoms with E-state index in [1.807, 2.05) is 12.1 Å². The van der Waals surface area contributed by atoms with Gasteiger partial charge in [0.2, 0.25) is 0 Å². The molecule has 0 aromatic heterocycles. The van der Waals surface area contributed by atoms with Gasteiger partial charge in [-0.25, -0.2) is 0 Å². The van der Waals surface area contributed by atoms with E-state index < -0.39 is 0 Å². The maximum absolute atomic E-state index is 9.92. The Labute approximate surface area is 240 Å². The van der Waals surface area contributed by atoms with Crippen LogP contribution in [0.4, 0.5) is 5.69 Å². The van der Waals surface area contributed by atoms with Gasteiger partial charge < -0.3 is 19.5 Å². The Hall–Kier alpha value is -3.18. The highest BCUT2D eigenvalue weighted by Crippen LogP contribution is 2.40. The minimum Gasteiger partial charge on any atom is -0.508 e. The van der Waals surface area contributed by atoms with Crippen LogP contribution in [-0.4, -0.2) is 49.9 Å². The highest BCUT2D eigenvalue weighted by atomic mass is 16.5. The molecule has 0 radical (unpaired) electrons. The molecule has 1 saturated heterocycles. The Morgan fingerprint density at radius 2 is 1.62 bits per heavy atom. The van der Waals surface area contributed by atoms with Crippen LogP contribution in [0.15, 0.2) is 60.7 Å². The van der Waals surface area contributed by atoms with Gasteiger partial charge in [-0.05, 0) is 111 Å². The zero-order valence-corrected chi connectivity index (χ0v) is 24.4. The van der Waals surface area contributed by atoms with Crippen molar-refractivity contribution in [3.05, 3.63) is 82.9 Å². The average molecular weight is 543 g/mol. The van der Waals surface area contributed by atoms with Crippen molar-refractivity contribution in [1.82, 2.24) is 4.90 Å². The third-order valence-electron chi connectivity index (χ3n) is 8.74. The molecule has 1 aliphatic carbocycles. The van der Waals surface area contributed by atoms with Gasteiger partial charge in [-0.3, -0.25) is 4.90 Å². The molecule has 2 aliphatic rings. The topological polar surface area (TPSA) is 45.2 Å². The number of hydrogen-bond acceptors (Lipinski definition) is 5. The molecule has 3 aromatic carbocycles. The summed E-state index contributed by atoms with van der Waals surface area (Å²) in [6.07, 6.45) is 9.83. The van der Waals surface area contributed by atoms with Crippen LogP contribution < -0.4 is 14.4 Å². The van der Waals surface area contributed by atoms with E-state index in [-0.39, 0.29) is 0 Å². The van der Waals surface area contributed by atoms with Crippen molar-refractivity contribution in [2.24, 2.45) is 0 Å². The third-order valence-corrected chi connectivity index (χ3v) is 8.74. The molecule has 5 heteroatoms. The van der Waals surface area contributed by atoms with Gasteiger partial charge in [0.05, 0.1) is 7.11 Å². The molecule has 5 rings (SSSR count). The number of anilines is 1. The Bertz CT molecular complexity index is 1220. The van der Waals surface area contributed by atoms with Crippen LogP contribution in [0.2, 0.25) is 0 Å². The van der Waals surface area contributed by atoms with Crippen LogP contribution in [-0.2, 0) is 19.4 Å². The van der Waals surface area contributed by atoms with Crippen LogP contribution in [0.3, 0.4) is 0 Å². The van der Waals surface area contributed by atoms with E-state index in [9.17, 15) is 5.11 Å². The minimum atomic E-state index is 0.365. The first-order valence-corrected chi connectivity index (χ1v) is 15.3. The minimum absolute atomic E-state index is 0.365. The number of fused-ring (bicyclic) bond motifs is 1. The number of aryl methyl sites for hydroxylation is 1. The van der Waals surface area contributed by atoms with Gasteiger partial charge in [0.1, 0.15) is 23.9 Å². The summed E-state index contributed by atoms with van der Waals surface area (Å²) in [5.74, 6) is 2.65. The number of rotatable bonds is 10. The van der Waals surface area contributed by atoms with Gasteiger partial charge in [0.25, 0.3) is 0 Å². The van der Waals surface area contributed by atoms with Crippen molar-refractivity contribution in [1.29, 1.82) is 0 Å². The van der Waals surface area contributed by atoms with Gasteiger partial charge >= 0.3 is 0 Å². The normalized spacial score (nSPS) is 17.9. The quantitative estimate of drug-likeness (QED) is 0.290. The summed E-state index contributed by atoms with van der Waals surface area (Å²) in [7, 11) is 1.74. The predicted molar refractivity (Wildman–Crippen MR) is 164 cm³/mol. The summed E-state index contributed by atoms with van der Waals surface area (Å²) < 4.78 is 11.8. The maximum atomic E-state index is 9.92. The first kappa shape index (κ1) is 28.4. The number of phenols is 1. The van der Waals surface area contributed by atoms with Gasteiger partial charge in [-0.2, -0.15) is 0 Å². The van der Waals surface area contributed by atoms with E-state index in [1.165, 1.54) is 73.1 Å². The van der Waals surface area contributed by atoms with E-state index in [0.29, 0.717) is 11.7 Å². The lowest BCUT2D eigenvalue weighted by Gasteiger charge is -2.32. The molecule has 1 fully saturated rings. The van der Waals surface area contributed by atoms with Gasteiger partial charge in [-0.1, -0.05) is 43.5 Å². The Morgan fingerprint density at radius 1 is 0.875 bits per heavy atom. The lowest BCUT2D eigenvalue weighted by Crippen LogP contribution is -2.31. The fourth-order valence-electron chi connectivity index (χ4n) is 6.38. The first-order chi connectivity index (χ1) is 19.6. The Kier molecular flexibility index (Phi) is 9.88. The first-order valence-electron chi connectivity index (χ1n) is 15.3. The molecule has 0 unspecified atom stereocenters. The van der Waals surface area contributed by atoms with Crippen molar-refractivity contribution in [2.45, 2.75) is 70.8 Å². The number of methoxy groups -OCH3 is 1. The summed E-state index contributed by atoms with van der Waals surface area (Å²) in [4.78, 5) is 5.02. The van der Waals surface area contributed by atoms with Crippen LogP contribution in [0, 0.1) is 0 Å². The second-order valence-corrected chi connectivity index (χ2v) is 11.4. The van der Waals surface area contributed by atoms with Crippen molar-refractivity contribution in [3.63, 3.8) is 0 Å². The van der Waals surface area contributed by atoms with E-state index in [2.05, 4.69) is 65.3 Å². The Balaban J connectivity index is 1.24. The van der Waals surface area contributed by atoms with E-state index >= 15 is 0 Å². The average Bonchev–Trinajstić information content (AvgIpc) is 2.97. The number of phenolic OH excluding ortho intramolecular Hbond substituents is 1. The number of benzene rings is 3. The standard InChI is InChI=1S/C35H46N2O3/c1-3-37(26-27-9-15-32(16-10-27)40-22-21-36-19-7-5-4-6-8-20-36)35-25-33(39-2)17-18-34(35)30-12-11-29-24-31(38)14-13-28(29)23-30/h9-10,13-18,24-25,30,38H,3-8,11-12,19-23,26H2,1-2H3/t30-/m1/s1. The van der Waals surface area contributed by atoms with Gasteiger partial charge in [-0.15, -0.1) is 0 Å². The van der Waals surface area contributed by atoms with E-state index in [1.54, 1.807) is 7.11 Å². The second-order valence-electron chi connectivity index (χ2n) is 11.4. The highest BCUT2D eigenvalue weighted by Gasteiger charge is 2.24.